The van der Waals surface area contributed by atoms with E-state index in [0.717, 1.165) is 0 Å². The number of hydrogen-bond acceptors (Lipinski definition) is 0. The average molecular weight is 437 g/mol. The van der Waals surface area contributed by atoms with Crippen LogP contribution >= 0.6 is 0 Å². The summed E-state index contributed by atoms with van der Waals surface area (Å²) >= 11 is 1.68. The zero-order valence-electron chi connectivity index (χ0n) is 9.84. The van der Waals surface area contributed by atoms with E-state index >= 15 is 0 Å². The summed E-state index contributed by atoms with van der Waals surface area (Å²) in [5.41, 5.74) is 0. The van der Waals surface area contributed by atoms with E-state index in [2.05, 4.69) is 48.5 Å². The summed E-state index contributed by atoms with van der Waals surface area (Å²) in [7, 11) is 0. The van der Waals surface area contributed by atoms with Crippen LogP contribution in [0.25, 0.3) is 36.3 Å². The maximum absolute atomic E-state index is 2.34. The van der Waals surface area contributed by atoms with Crippen LogP contribution in [0.3, 0.4) is 0 Å². The molecule has 0 fully saturated rings. The van der Waals surface area contributed by atoms with Crippen LogP contribution < -0.4 is 0 Å². The molecule has 90 valence electrons. The molecule has 3 aromatic heterocycles. The van der Waals surface area contributed by atoms with Gasteiger partial charge in [0, 0.05) is 0 Å². The minimum absolute atomic E-state index is 0.549. The van der Waals surface area contributed by atoms with Gasteiger partial charge in [0.2, 0.25) is 0 Å². The van der Waals surface area contributed by atoms with E-state index in [0.29, 0.717) is 43.5 Å². The zero-order chi connectivity index (χ0) is 12.4. The SMILES string of the molecule is c1ccc2c(c1)[se]c1c2[se]c2c3ccccc3[se]c21. The van der Waals surface area contributed by atoms with E-state index in [1.165, 1.54) is 0 Å². The average Bonchev–Trinajstić information content (AvgIpc) is 3.07. The van der Waals surface area contributed by atoms with Gasteiger partial charge in [0.25, 0.3) is 0 Å². The molecule has 0 radical (unpaired) electrons. The third-order valence-corrected chi connectivity index (χ3v) is 13.1. The molecule has 2 aromatic carbocycles. The summed E-state index contributed by atoms with van der Waals surface area (Å²) in [4.78, 5) is 0. The van der Waals surface area contributed by atoms with Crippen LogP contribution in [0.1, 0.15) is 0 Å². The van der Waals surface area contributed by atoms with Gasteiger partial charge in [-0.15, -0.1) is 0 Å². The Morgan fingerprint density at radius 3 is 1.47 bits per heavy atom. The predicted octanol–water partition coefficient (Wildman–Crippen LogP) is 3.47. The molecule has 0 aliphatic rings. The summed E-state index contributed by atoms with van der Waals surface area (Å²) in [5.74, 6) is 0. The third kappa shape index (κ3) is 1.46. The van der Waals surface area contributed by atoms with Gasteiger partial charge in [-0.25, -0.2) is 0 Å². The first kappa shape index (κ1) is 11.2. The molecule has 0 unspecified atom stereocenters. The molecule has 0 saturated carbocycles. The van der Waals surface area contributed by atoms with Crippen LogP contribution in [-0.2, 0) is 0 Å². The predicted molar refractivity (Wildman–Crippen MR) is 87.3 cm³/mol. The van der Waals surface area contributed by atoms with Crippen molar-refractivity contribution in [2.24, 2.45) is 0 Å². The molecule has 0 aliphatic carbocycles. The van der Waals surface area contributed by atoms with E-state index in [4.69, 9.17) is 0 Å². The Morgan fingerprint density at radius 2 is 0.947 bits per heavy atom. The van der Waals surface area contributed by atoms with Gasteiger partial charge in [0.1, 0.15) is 0 Å². The van der Waals surface area contributed by atoms with Gasteiger partial charge >= 0.3 is 128 Å². The van der Waals surface area contributed by atoms with Gasteiger partial charge in [0.05, 0.1) is 0 Å². The van der Waals surface area contributed by atoms with Gasteiger partial charge in [-0.1, -0.05) is 0 Å². The molecule has 5 aromatic rings. The molecule has 19 heavy (non-hydrogen) atoms. The van der Waals surface area contributed by atoms with Crippen molar-refractivity contribution in [1.82, 2.24) is 0 Å². The third-order valence-electron chi connectivity index (χ3n) is 3.51. The van der Waals surface area contributed by atoms with E-state index < -0.39 is 0 Å². The van der Waals surface area contributed by atoms with Crippen LogP contribution in [0.15, 0.2) is 48.5 Å². The molecule has 0 amide bonds. The molecule has 0 aliphatic heterocycles. The Hall–Kier alpha value is -0.522. The van der Waals surface area contributed by atoms with E-state index in [-0.39, 0.29) is 0 Å². The topological polar surface area (TPSA) is 0 Å². The standard InChI is InChI=1S/C16H8Se3/c1-3-7-11-9(5-1)13-15(17-11)16-14(19-13)10-6-2-4-8-12(10)18-16/h1-8H. The van der Waals surface area contributed by atoms with Crippen molar-refractivity contribution < 1.29 is 0 Å². The molecule has 0 saturated heterocycles. The van der Waals surface area contributed by atoms with Crippen molar-refractivity contribution in [3.63, 3.8) is 0 Å². The first-order chi connectivity index (χ1) is 9.42. The maximum atomic E-state index is 2.34. The normalized spacial score (nSPS) is 12.2. The molecule has 3 heterocycles. The van der Waals surface area contributed by atoms with Crippen LogP contribution in [0.5, 0.6) is 0 Å². The monoisotopic (exact) mass is 440 g/mol. The van der Waals surface area contributed by atoms with Crippen LogP contribution in [-0.4, -0.2) is 43.5 Å². The molecule has 5 rings (SSSR count). The Kier molecular flexibility index (Phi) is 2.35. The summed E-state index contributed by atoms with van der Waals surface area (Å²) in [6, 6.07) is 18.1. The molecule has 0 atom stereocenters. The summed E-state index contributed by atoms with van der Waals surface area (Å²) in [6.45, 7) is 0. The van der Waals surface area contributed by atoms with Crippen LogP contribution in [0.4, 0.5) is 0 Å². The van der Waals surface area contributed by atoms with Crippen molar-refractivity contribution in [3.05, 3.63) is 48.5 Å². The number of fused-ring (bicyclic) bond motifs is 7. The Morgan fingerprint density at radius 1 is 0.474 bits per heavy atom. The Labute approximate surface area is 127 Å². The van der Waals surface area contributed by atoms with Crippen LogP contribution in [0, 0.1) is 0 Å². The molecular formula is C16H8Se3. The van der Waals surface area contributed by atoms with Gasteiger partial charge in [-0.2, -0.15) is 0 Å². The van der Waals surface area contributed by atoms with Crippen molar-refractivity contribution in [1.29, 1.82) is 0 Å². The fourth-order valence-electron chi connectivity index (χ4n) is 2.65. The summed E-state index contributed by atoms with van der Waals surface area (Å²) in [5, 5.41) is 3.14. The van der Waals surface area contributed by atoms with Gasteiger partial charge in [-0.3, -0.25) is 0 Å². The summed E-state index contributed by atoms with van der Waals surface area (Å²) < 4.78 is 10.1. The van der Waals surface area contributed by atoms with E-state index in [1.54, 1.807) is 36.3 Å². The first-order valence-electron chi connectivity index (χ1n) is 6.13. The molecule has 0 spiro atoms. The van der Waals surface area contributed by atoms with Crippen LogP contribution in [0.2, 0.25) is 0 Å². The van der Waals surface area contributed by atoms with Crippen molar-refractivity contribution in [3.8, 4) is 0 Å². The summed E-state index contributed by atoms with van der Waals surface area (Å²) in [6.07, 6.45) is 0. The van der Waals surface area contributed by atoms with Gasteiger partial charge < -0.3 is 0 Å². The van der Waals surface area contributed by atoms with E-state index in [1.807, 2.05) is 0 Å². The quantitative estimate of drug-likeness (QED) is 0.326. The Balaban J connectivity index is 2.10. The van der Waals surface area contributed by atoms with Crippen molar-refractivity contribution >= 4 is 79.8 Å². The Bertz CT molecular complexity index is 974. The van der Waals surface area contributed by atoms with Gasteiger partial charge in [-0.05, 0) is 0 Å². The van der Waals surface area contributed by atoms with Crippen molar-refractivity contribution in [2.75, 3.05) is 0 Å². The molecule has 0 N–H and O–H groups in total. The second kappa shape index (κ2) is 3.99. The molecule has 0 nitrogen and oxygen atoms in total. The zero-order valence-corrected chi connectivity index (χ0v) is 15.0. The number of hydrogen-bond donors (Lipinski definition) is 0. The molecule has 3 heteroatoms. The number of rotatable bonds is 0. The van der Waals surface area contributed by atoms with Gasteiger partial charge in [0.15, 0.2) is 0 Å². The molecule has 0 bridgehead atoms. The fourth-order valence-corrected chi connectivity index (χ4v) is 13.5. The fraction of sp³-hybridized carbons (Fsp3) is 0. The molecular weight excluding hydrogens is 429 g/mol. The van der Waals surface area contributed by atoms with Crippen molar-refractivity contribution in [2.45, 2.75) is 0 Å². The number of benzene rings is 2. The second-order valence-corrected chi connectivity index (χ2v) is 11.2. The first-order valence-corrected chi connectivity index (χ1v) is 11.3. The van der Waals surface area contributed by atoms with E-state index in [9.17, 15) is 0 Å². The second-order valence-electron chi connectivity index (χ2n) is 4.62. The minimum atomic E-state index is 0.549.